The van der Waals surface area contributed by atoms with Crippen LogP contribution in [0.15, 0.2) is 42.6 Å². The zero-order valence-corrected chi connectivity index (χ0v) is 18.7. The zero-order valence-electron chi connectivity index (χ0n) is 17.1. The van der Waals surface area contributed by atoms with Crippen molar-refractivity contribution < 1.29 is 23.8 Å². The summed E-state index contributed by atoms with van der Waals surface area (Å²) in [5.74, 6) is -0.606. The number of nitrogens with zero attached hydrogens (tertiary/aromatic N) is 2. The topological polar surface area (TPSA) is 71.9 Å². The normalized spacial score (nSPS) is 24.3. The number of carbonyl (C=O) groups excluding carboxylic acids is 1. The lowest BCUT2D eigenvalue weighted by molar-refractivity contribution is -0.186. The molecule has 0 saturated carbocycles. The van der Waals surface area contributed by atoms with E-state index in [4.69, 9.17) is 32.7 Å². The predicted molar refractivity (Wildman–Crippen MR) is 114 cm³/mol. The highest BCUT2D eigenvalue weighted by Gasteiger charge is 2.56. The van der Waals surface area contributed by atoms with Gasteiger partial charge in [0.1, 0.15) is 17.9 Å². The third-order valence-electron chi connectivity index (χ3n) is 5.94. The molecule has 3 heterocycles. The maximum atomic E-state index is 14.5. The van der Waals surface area contributed by atoms with Crippen molar-refractivity contribution in [1.29, 1.82) is 0 Å². The van der Waals surface area contributed by atoms with Gasteiger partial charge in [-0.15, -0.1) is 0 Å². The molecule has 1 N–H and O–H groups in total. The lowest BCUT2D eigenvalue weighted by atomic mass is 9.88. The molecule has 2 fully saturated rings. The zero-order chi connectivity index (χ0) is 22.4. The van der Waals surface area contributed by atoms with Gasteiger partial charge in [-0.05, 0) is 31.0 Å². The molecular formula is C22H23Cl2FN2O4. The number of alkyl halides is 3. The fraction of sp³-hybridized carbons (Fsp3) is 0.455. The van der Waals surface area contributed by atoms with Crippen LogP contribution in [0.4, 0.5) is 4.39 Å². The SMILES string of the molecule is CC1(C)OC[C@](CF)(c2ccc(-c3ccc(C4(O)COC4)nc3)cc2)N1C(=O)C(Cl)Cl. The molecule has 166 valence electrons. The second kappa shape index (κ2) is 7.98. The Hall–Kier alpha value is -1.77. The molecule has 1 aromatic heterocycles. The summed E-state index contributed by atoms with van der Waals surface area (Å²) < 4.78 is 25.3. The molecule has 4 rings (SSSR count). The Kier molecular flexibility index (Phi) is 5.77. The summed E-state index contributed by atoms with van der Waals surface area (Å²) in [6, 6.07) is 10.8. The second-order valence-corrected chi connectivity index (χ2v) is 9.51. The molecule has 31 heavy (non-hydrogen) atoms. The van der Waals surface area contributed by atoms with Gasteiger partial charge in [0.2, 0.25) is 0 Å². The van der Waals surface area contributed by atoms with E-state index in [-0.39, 0.29) is 19.8 Å². The van der Waals surface area contributed by atoms with Crippen molar-refractivity contribution in [3.05, 3.63) is 53.9 Å². The highest BCUT2D eigenvalue weighted by Crippen LogP contribution is 2.44. The molecule has 0 radical (unpaired) electrons. The minimum absolute atomic E-state index is 0.0149. The van der Waals surface area contributed by atoms with Gasteiger partial charge in [0.15, 0.2) is 10.4 Å². The Bertz CT molecular complexity index is 964. The van der Waals surface area contributed by atoms with Crippen molar-refractivity contribution in [1.82, 2.24) is 9.88 Å². The van der Waals surface area contributed by atoms with Crippen LogP contribution in [0.25, 0.3) is 11.1 Å². The molecule has 0 unspecified atom stereocenters. The molecular weight excluding hydrogens is 446 g/mol. The van der Waals surface area contributed by atoms with Crippen molar-refractivity contribution in [3.63, 3.8) is 0 Å². The van der Waals surface area contributed by atoms with Crippen molar-refractivity contribution in [2.45, 2.75) is 35.5 Å². The number of halogens is 3. The Morgan fingerprint density at radius 1 is 1.16 bits per heavy atom. The van der Waals surface area contributed by atoms with Crippen LogP contribution < -0.4 is 0 Å². The first kappa shape index (κ1) is 22.4. The first-order chi connectivity index (χ1) is 14.6. The largest absolute Gasteiger partial charge is 0.379 e. The van der Waals surface area contributed by atoms with Gasteiger partial charge in [0.05, 0.1) is 25.5 Å². The quantitative estimate of drug-likeness (QED) is 0.679. The van der Waals surface area contributed by atoms with E-state index in [9.17, 15) is 14.3 Å². The van der Waals surface area contributed by atoms with Gasteiger partial charge in [0, 0.05) is 11.8 Å². The molecule has 2 aliphatic rings. The van der Waals surface area contributed by atoms with Gasteiger partial charge in [-0.25, -0.2) is 4.39 Å². The van der Waals surface area contributed by atoms with Crippen LogP contribution >= 0.6 is 23.2 Å². The number of ether oxygens (including phenoxy) is 2. The smallest absolute Gasteiger partial charge is 0.259 e. The van der Waals surface area contributed by atoms with Crippen LogP contribution in [0.5, 0.6) is 0 Å². The monoisotopic (exact) mass is 468 g/mol. The van der Waals surface area contributed by atoms with Crippen LogP contribution in [0.3, 0.4) is 0 Å². The van der Waals surface area contributed by atoms with Gasteiger partial charge in [0.25, 0.3) is 5.91 Å². The molecule has 0 spiro atoms. The second-order valence-electron chi connectivity index (χ2n) is 8.41. The van der Waals surface area contributed by atoms with Crippen molar-refractivity contribution >= 4 is 29.1 Å². The minimum atomic E-state index is -1.33. The summed E-state index contributed by atoms with van der Waals surface area (Å²) in [7, 11) is 0. The number of benzene rings is 1. The fourth-order valence-corrected chi connectivity index (χ4v) is 4.35. The molecule has 1 aromatic carbocycles. The molecule has 2 aliphatic heterocycles. The fourth-order valence-electron chi connectivity index (χ4n) is 4.16. The van der Waals surface area contributed by atoms with Crippen molar-refractivity contribution in [2.24, 2.45) is 0 Å². The summed E-state index contributed by atoms with van der Waals surface area (Å²) in [5.41, 5.74) is -0.567. The van der Waals surface area contributed by atoms with E-state index in [1.54, 1.807) is 38.2 Å². The number of amides is 1. The van der Waals surface area contributed by atoms with Gasteiger partial charge < -0.3 is 14.6 Å². The number of rotatable bonds is 5. The Labute approximate surface area is 189 Å². The van der Waals surface area contributed by atoms with Gasteiger partial charge in [-0.2, -0.15) is 0 Å². The molecule has 1 atom stereocenters. The Morgan fingerprint density at radius 2 is 1.81 bits per heavy atom. The van der Waals surface area contributed by atoms with Crippen LogP contribution in [-0.4, -0.2) is 58.0 Å². The van der Waals surface area contributed by atoms with E-state index in [2.05, 4.69) is 4.98 Å². The van der Waals surface area contributed by atoms with Crippen LogP contribution in [0.1, 0.15) is 25.1 Å². The number of pyridine rings is 1. The van der Waals surface area contributed by atoms with E-state index in [0.29, 0.717) is 11.3 Å². The first-order valence-corrected chi connectivity index (χ1v) is 10.7. The lowest BCUT2D eigenvalue weighted by Crippen LogP contribution is -2.56. The third kappa shape index (κ3) is 3.72. The summed E-state index contributed by atoms with van der Waals surface area (Å²) in [6.45, 7) is 2.97. The predicted octanol–water partition coefficient (Wildman–Crippen LogP) is 3.53. The van der Waals surface area contributed by atoms with Crippen LogP contribution in [0, 0.1) is 0 Å². The lowest BCUT2D eigenvalue weighted by Gasteiger charge is -2.41. The van der Waals surface area contributed by atoms with E-state index in [0.717, 1.165) is 11.1 Å². The highest BCUT2D eigenvalue weighted by atomic mass is 35.5. The summed E-state index contributed by atoms with van der Waals surface area (Å²) in [6.07, 6.45) is 1.68. The van der Waals surface area contributed by atoms with E-state index in [1.807, 2.05) is 18.2 Å². The van der Waals surface area contributed by atoms with Crippen molar-refractivity contribution in [3.8, 4) is 11.1 Å². The summed E-state index contributed by atoms with van der Waals surface area (Å²) >= 11 is 11.7. The Morgan fingerprint density at radius 3 is 2.29 bits per heavy atom. The summed E-state index contributed by atoms with van der Waals surface area (Å²) in [4.78, 5) is 17.1. The Balaban J connectivity index is 1.64. The highest BCUT2D eigenvalue weighted by molar-refractivity contribution is 6.53. The van der Waals surface area contributed by atoms with Gasteiger partial charge in [-0.3, -0.25) is 14.7 Å². The van der Waals surface area contributed by atoms with Crippen molar-refractivity contribution in [2.75, 3.05) is 26.5 Å². The molecule has 0 aliphatic carbocycles. The third-order valence-corrected chi connectivity index (χ3v) is 6.31. The molecule has 2 aromatic rings. The minimum Gasteiger partial charge on any atom is -0.379 e. The van der Waals surface area contributed by atoms with Gasteiger partial charge in [-0.1, -0.05) is 53.5 Å². The molecule has 9 heteroatoms. The standard InChI is InChI=1S/C22H23Cl2FN2O4/c1-20(2)27(19(28)18(23)24)21(10-25,11-31-20)16-6-3-14(4-7-16)15-5-8-17(26-9-15)22(29)12-30-13-22/h3-9,18,29H,10-13H2,1-2H3/t21-/m1/s1. The number of hydrogen-bond donors (Lipinski definition) is 1. The molecule has 0 bridgehead atoms. The van der Waals surface area contributed by atoms with E-state index < -0.39 is 34.3 Å². The number of aliphatic hydroxyl groups is 1. The number of carbonyl (C=O) groups is 1. The summed E-state index contributed by atoms with van der Waals surface area (Å²) in [5, 5.41) is 10.3. The number of aromatic nitrogens is 1. The maximum Gasteiger partial charge on any atom is 0.259 e. The molecule has 6 nitrogen and oxygen atoms in total. The van der Waals surface area contributed by atoms with Gasteiger partial charge >= 0.3 is 0 Å². The number of hydrogen-bond acceptors (Lipinski definition) is 5. The first-order valence-electron chi connectivity index (χ1n) is 9.83. The molecule has 2 saturated heterocycles. The van der Waals surface area contributed by atoms with E-state index >= 15 is 0 Å². The average Bonchev–Trinajstić information content (AvgIpc) is 3.03. The average molecular weight is 469 g/mol. The molecule has 1 amide bonds. The van der Waals surface area contributed by atoms with E-state index in [1.165, 1.54) is 4.90 Å². The van der Waals surface area contributed by atoms with Crippen LogP contribution in [0.2, 0.25) is 0 Å². The van der Waals surface area contributed by atoms with Crippen LogP contribution in [-0.2, 0) is 25.4 Å². The maximum absolute atomic E-state index is 14.5.